The molecule has 1 saturated heterocycles. The summed E-state index contributed by atoms with van der Waals surface area (Å²) in [6, 6.07) is 10.8. The van der Waals surface area contributed by atoms with Crippen LogP contribution in [0.15, 0.2) is 60.1 Å². The Kier molecular flexibility index (Phi) is 6.64. The van der Waals surface area contributed by atoms with Crippen molar-refractivity contribution >= 4 is 29.1 Å². The van der Waals surface area contributed by atoms with Gasteiger partial charge in [-0.25, -0.2) is 14.2 Å². The molecule has 0 unspecified atom stereocenters. The molecule has 4 rings (SSSR count). The number of nitrogens with zero attached hydrogens (tertiary/aromatic N) is 2. The molecular formula is C23H20FN3O5S. The smallest absolute Gasteiger partial charge is 0.326 e. The number of aliphatic carboxylic acids is 1. The average Bonchev–Trinajstić information content (AvgIpc) is 3.49. The van der Waals surface area contributed by atoms with Crippen molar-refractivity contribution in [3.8, 4) is 11.5 Å². The highest BCUT2D eigenvalue weighted by atomic mass is 32.1. The number of carbonyl (C=O) groups excluding carboxylic acids is 2. The van der Waals surface area contributed by atoms with Gasteiger partial charge in [0.2, 0.25) is 5.91 Å². The van der Waals surface area contributed by atoms with E-state index >= 15 is 0 Å². The molecule has 170 valence electrons. The molecule has 2 heterocycles. The van der Waals surface area contributed by atoms with E-state index in [0.717, 1.165) is 5.01 Å². The number of carboxylic acids is 1. The third-order valence-corrected chi connectivity index (χ3v) is 6.21. The van der Waals surface area contributed by atoms with E-state index in [-0.39, 0.29) is 31.2 Å². The van der Waals surface area contributed by atoms with Crippen molar-refractivity contribution in [2.24, 2.45) is 0 Å². The van der Waals surface area contributed by atoms with Crippen LogP contribution in [0.2, 0.25) is 0 Å². The standard InChI is InChI=1S/C23H20FN3O5S/c24-16-3-7-18(8-4-16)32-17-5-1-14(2-6-17)21(29)26-12-20(28)27-13-15(11-19(27)23(30)31)22-25-9-10-33-22/h1-10,15,19H,11-13H2,(H,26,29)(H,30,31)/t15-,19+/m1/s1. The Balaban J connectivity index is 1.33. The van der Waals surface area contributed by atoms with Gasteiger partial charge >= 0.3 is 5.97 Å². The van der Waals surface area contributed by atoms with Crippen LogP contribution in [0, 0.1) is 5.82 Å². The van der Waals surface area contributed by atoms with Crippen molar-refractivity contribution in [3.63, 3.8) is 0 Å². The first-order chi connectivity index (χ1) is 15.9. The number of carboxylic acid groups (broad SMARTS) is 1. The highest BCUT2D eigenvalue weighted by Crippen LogP contribution is 2.33. The molecule has 0 spiro atoms. The van der Waals surface area contributed by atoms with Gasteiger partial charge in [-0.15, -0.1) is 11.3 Å². The van der Waals surface area contributed by atoms with Crippen LogP contribution < -0.4 is 10.1 Å². The lowest BCUT2D eigenvalue weighted by atomic mass is 10.1. The van der Waals surface area contributed by atoms with Crippen molar-refractivity contribution in [1.82, 2.24) is 15.2 Å². The molecule has 1 aliphatic rings. The SMILES string of the molecule is O=C(NCC(=O)N1C[C@H](c2nccs2)C[C@H]1C(=O)O)c1ccc(Oc2ccc(F)cc2)cc1. The first-order valence-corrected chi connectivity index (χ1v) is 11.0. The minimum absolute atomic E-state index is 0.139. The second-order valence-corrected chi connectivity index (χ2v) is 8.39. The van der Waals surface area contributed by atoms with Gasteiger partial charge < -0.3 is 20.1 Å². The van der Waals surface area contributed by atoms with E-state index in [9.17, 15) is 23.9 Å². The molecule has 1 aromatic heterocycles. The van der Waals surface area contributed by atoms with E-state index in [1.807, 2.05) is 5.38 Å². The van der Waals surface area contributed by atoms with Crippen molar-refractivity contribution < 1.29 is 28.6 Å². The molecule has 0 saturated carbocycles. The van der Waals surface area contributed by atoms with Crippen LogP contribution in [0.25, 0.3) is 0 Å². The predicted octanol–water partition coefficient (Wildman–Crippen LogP) is 3.27. The highest BCUT2D eigenvalue weighted by Gasteiger charge is 2.41. The molecule has 0 aliphatic carbocycles. The van der Waals surface area contributed by atoms with Crippen LogP contribution in [0.3, 0.4) is 0 Å². The Labute approximate surface area is 192 Å². The van der Waals surface area contributed by atoms with Gasteiger partial charge in [0, 0.05) is 29.6 Å². The third kappa shape index (κ3) is 5.35. The molecule has 2 amide bonds. The summed E-state index contributed by atoms with van der Waals surface area (Å²) in [5.74, 6) is -1.61. The number of aromatic nitrogens is 1. The summed E-state index contributed by atoms with van der Waals surface area (Å²) in [6.45, 7) is -0.0738. The van der Waals surface area contributed by atoms with E-state index in [0.29, 0.717) is 17.1 Å². The van der Waals surface area contributed by atoms with E-state index in [1.54, 1.807) is 18.3 Å². The number of likely N-dealkylation sites (tertiary alicyclic amines) is 1. The summed E-state index contributed by atoms with van der Waals surface area (Å²) in [6.07, 6.45) is 1.94. The van der Waals surface area contributed by atoms with Gasteiger partial charge in [0.05, 0.1) is 11.6 Å². The first kappa shape index (κ1) is 22.4. The molecule has 3 aromatic rings. The lowest BCUT2D eigenvalue weighted by Crippen LogP contribution is -2.45. The number of halogens is 1. The van der Waals surface area contributed by atoms with E-state index in [2.05, 4.69) is 10.3 Å². The van der Waals surface area contributed by atoms with E-state index < -0.39 is 23.8 Å². The van der Waals surface area contributed by atoms with Crippen molar-refractivity contribution in [2.75, 3.05) is 13.1 Å². The number of rotatable bonds is 7. The lowest BCUT2D eigenvalue weighted by Gasteiger charge is -2.21. The zero-order valence-corrected chi connectivity index (χ0v) is 18.1. The Morgan fingerprint density at radius 1 is 1.12 bits per heavy atom. The maximum atomic E-state index is 13.0. The van der Waals surface area contributed by atoms with Crippen LogP contribution in [0.1, 0.15) is 27.7 Å². The molecular weight excluding hydrogens is 449 g/mol. The zero-order valence-electron chi connectivity index (χ0n) is 17.3. The minimum atomic E-state index is -1.08. The monoisotopic (exact) mass is 469 g/mol. The summed E-state index contributed by atoms with van der Waals surface area (Å²) in [7, 11) is 0. The summed E-state index contributed by atoms with van der Waals surface area (Å²) >= 11 is 1.43. The third-order valence-electron chi connectivity index (χ3n) is 5.27. The summed E-state index contributed by atoms with van der Waals surface area (Å²) in [4.78, 5) is 42.3. The van der Waals surface area contributed by atoms with Crippen LogP contribution in [-0.4, -0.2) is 51.9 Å². The van der Waals surface area contributed by atoms with E-state index in [1.165, 1.54) is 52.6 Å². The van der Waals surface area contributed by atoms with Gasteiger partial charge in [0.1, 0.15) is 23.4 Å². The number of benzene rings is 2. The Morgan fingerprint density at radius 2 is 1.79 bits per heavy atom. The molecule has 2 N–H and O–H groups in total. The Hall–Kier alpha value is -3.79. The normalized spacial score (nSPS) is 17.5. The maximum Gasteiger partial charge on any atom is 0.326 e. The fraction of sp³-hybridized carbons (Fsp3) is 0.217. The number of thiazole rings is 1. The molecule has 2 aromatic carbocycles. The molecule has 2 atom stereocenters. The second-order valence-electron chi connectivity index (χ2n) is 7.47. The molecule has 8 nitrogen and oxygen atoms in total. The average molecular weight is 469 g/mol. The predicted molar refractivity (Wildman–Crippen MR) is 118 cm³/mol. The molecule has 1 fully saturated rings. The van der Waals surface area contributed by atoms with Crippen LogP contribution >= 0.6 is 11.3 Å². The van der Waals surface area contributed by atoms with Gasteiger partial charge in [-0.05, 0) is 55.0 Å². The van der Waals surface area contributed by atoms with Crippen molar-refractivity contribution in [1.29, 1.82) is 0 Å². The highest BCUT2D eigenvalue weighted by molar-refractivity contribution is 7.09. The van der Waals surface area contributed by atoms with Crippen LogP contribution in [0.4, 0.5) is 4.39 Å². The van der Waals surface area contributed by atoms with Gasteiger partial charge in [-0.2, -0.15) is 0 Å². The van der Waals surface area contributed by atoms with Crippen molar-refractivity contribution in [2.45, 2.75) is 18.4 Å². The first-order valence-electron chi connectivity index (χ1n) is 10.1. The second kappa shape index (κ2) is 9.78. The topological polar surface area (TPSA) is 109 Å². The number of hydrogen-bond donors (Lipinski definition) is 2. The van der Waals surface area contributed by atoms with Gasteiger partial charge in [0.25, 0.3) is 5.91 Å². The van der Waals surface area contributed by atoms with Gasteiger partial charge in [-0.3, -0.25) is 9.59 Å². The minimum Gasteiger partial charge on any atom is -0.480 e. The zero-order chi connectivity index (χ0) is 23.4. The Morgan fingerprint density at radius 3 is 2.39 bits per heavy atom. The molecule has 0 radical (unpaired) electrons. The number of amides is 2. The molecule has 0 bridgehead atoms. The van der Waals surface area contributed by atoms with Crippen molar-refractivity contribution in [3.05, 3.63) is 76.5 Å². The Bertz CT molecular complexity index is 1140. The summed E-state index contributed by atoms with van der Waals surface area (Å²) in [5, 5.41) is 14.7. The van der Waals surface area contributed by atoms with Gasteiger partial charge in [-0.1, -0.05) is 0 Å². The molecule has 1 aliphatic heterocycles. The number of nitrogens with one attached hydrogen (secondary N) is 1. The number of ether oxygens (including phenoxy) is 1. The quantitative estimate of drug-likeness (QED) is 0.550. The maximum absolute atomic E-state index is 13.0. The lowest BCUT2D eigenvalue weighted by molar-refractivity contribution is -0.147. The molecule has 10 heteroatoms. The number of carbonyl (C=O) groups is 3. The fourth-order valence-electron chi connectivity index (χ4n) is 3.63. The van der Waals surface area contributed by atoms with Crippen LogP contribution in [-0.2, 0) is 9.59 Å². The largest absolute Gasteiger partial charge is 0.480 e. The summed E-state index contributed by atoms with van der Waals surface area (Å²) in [5.41, 5.74) is 0.311. The molecule has 33 heavy (non-hydrogen) atoms. The van der Waals surface area contributed by atoms with Crippen LogP contribution in [0.5, 0.6) is 11.5 Å². The summed E-state index contributed by atoms with van der Waals surface area (Å²) < 4.78 is 18.6. The van der Waals surface area contributed by atoms with Gasteiger partial charge in [0.15, 0.2) is 0 Å². The fourth-order valence-corrected chi connectivity index (χ4v) is 4.38. The number of hydrogen-bond acceptors (Lipinski definition) is 6. The van der Waals surface area contributed by atoms with E-state index in [4.69, 9.17) is 4.74 Å².